The number of nitrogens with zero attached hydrogens (tertiary/aromatic N) is 3. The highest BCUT2D eigenvalue weighted by Crippen LogP contribution is 2.30. The van der Waals surface area contributed by atoms with Gasteiger partial charge in [-0.15, -0.1) is 0 Å². The van der Waals surface area contributed by atoms with Crippen LogP contribution in [0.2, 0.25) is 5.02 Å². The Morgan fingerprint density at radius 1 is 1.23 bits per heavy atom. The Balaban J connectivity index is 2.15. The Morgan fingerprint density at radius 2 is 1.94 bits per heavy atom. The van der Waals surface area contributed by atoms with Gasteiger partial charge in [0.2, 0.25) is 0 Å². The van der Waals surface area contributed by atoms with Gasteiger partial charge in [-0.25, -0.2) is 23.2 Å². The molecule has 3 aromatic rings. The van der Waals surface area contributed by atoms with E-state index in [0.29, 0.717) is 21.3 Å². The van der Waals surface area contributed by atoms with Crippen LogP contribution in [0.3, 0.4) is 0 Å². The van der Waals surface area contributed by atoms with Gasteiger partial charge >= 0.3 is 5.97 Å². The predicted molar refractivity (Wildman–Crippen MR) is 124 cm³/mol. The first-order valence-corrected chi connectivity index (χ1v) is 12.3. The highest BCUT2D eigenvalue weighted by Gasteiger charge is 2.21. The number of carboxylic acids is 1. The van der Waals surface area contributed by atoms with Crippen LogP contribution in [0.25, 0.3) is 10.6 Å². The average molecular weight is 542 g/mol. The van der Waals surface area contributed by atoms with Crippen molar-refractivity contribution in [3.8, 4) is 10.6 Å². The Hall–Kier alpha value is -2.60. The molecule has 1 heterocycles. The number of benzene rings is 2. The molecule has 0 aliphatic heterocycles. The minimum Gasteiger partial charge on any atom is -0.477 e. The summed E-state index contributed by atoms with van der Waals surface area (Å²) in [5.74, 6) is -1.25. The van der Waals surface area contributed by atoms with Crippen LogP contribution in [0.4, 0.5) is 5.69 Å². The molecule has 12 heteroatoms. The van der Waals surface area contributed by atoms with Gasteiger partial charge in [0.05, 0.1) is 20.1 Å². The molecule has 0 aliphatic rings. The van der Waals surface area contributed by atoms with Gasteiger partial charge in [0.1, 0.15) is 16.4 Å². The number of hydrogen-bond donors (Lipinski definition) is 2. The first-order chi connectivity index (χ1) is 14.6. The molecule has 0 aliphatic carbocycles. The number of carboxylic acid groups (broad SMARTS) is 1. The van der Waals surface area contributed by atoms with E-state index >= 15 is 0 Å². The van der Waals surface area contributed by atoms with E-state index in [9.17, 15) is 18.3 Å². The zero-order valence-corrected chi connectivity index (χ0v) is 19.8. The molecular weight excluding hydrogens is 528 g/mol. The lowest BCUT2D eigenvalue weighted by Gasteiger charge is -2.06. The van der Waals surface area contributed by atoms with Gasteiger partial charge in [0.25, 0.3) is 0 Å². The summed E-state index contributed by atoms with van der Waals surface area (Å²) in [4.78, 5) is 20.3. The quantitative estimate of drug-likeness (QED) is 0.355. The van der Waals surface area contributed by atoms with Gasteiger partial charge in [-0.3, -0.25) is 0 Å². The van der Waals surface area contributed by atoms with E-state index in [0.717, 1.165) is 17.8 Å². The summed E-state index contributed by atoms with van der Waals surface area (Å²) in [5, 5.41) is 10.0. The maximum absolute atomic E-state index is 11.8. The molecule has 0 spiro atoms. The number of sulfone groups is 1. The molecule has 160 valence electrons. The molecule has 31 heavy (non-hydrogen) atoms. The van der Waals surface area contributed by atoms with Gasteiger partial charge in [-0.1, -0.05) is 35.9 Å². The van der Waals surface area contributed by atoms with Crippen LogP contribution in [0, 0.1) is 0 Å². The Labute approximate surface area is 195 Å². The average Bonchev–Trinajstić information content (AvgIpc) is 3.21. The lowest BCUT2D eigenvalue weighted by molar-refractivity contribution is -0.132. The summed E-state index contributed by atoms with van der Waals surface area (Å²) in [5.41, 5.74) is 6.16. The number of aliphatic carboxylic acids is 1. The number of halogens is 2. The van der Waals surface area contributed by atoms with Crippen LogP contribution >= 0.6 is 39.1 Å². The largest absolute Gasteiger partial charge is 0.477 e. The topological polar surface area (TPSA) is 136 Å². The number of allylic oxidation sites excluding steroid dienone is 1. The van der Waals surface area contributed by atoms with Crippen molar-refractivity contribution in [2.45, 2.75) is 4.90 Å². The minimum atomic E-state index is -3.40. The van der Waals surface area contributed by atoms with E-state index in [-0.39, 0.29) is 20.9 Å². The molecule has 0 bridgehead atoms. The summed E-state index contributed by atoms with van der Waals surface area (Å²) in [6.07, 6.45) is 1.11. The second kappa shape index (κ2) is 9.27. The van der Waals surface area contributed by atoms with Gasteiger partial charge in [-0.05, 0) is 51.7 Å². The molecule has 0 saturated carbocycles. The summed E-state index contributed by atoms with van der Waals surface area (Å²) in [7, 11) is -3.40. The monoisotopic (exact) mass is 540 g/mol. The minimum absolute atomic E-state index is 0.0193. The first kappa shape index (κ1) is 23.1. The lowest BCUT2D eigenvalue weighted by atomic mass is 10.2. The van der Waals surface area contributed by atoms with E-state index in [1.807, 2.05) is 0 Å². The van der Waals surface area contributed by atoms with Crippen molar-refractivity contribution < 1.29 is 18.3 Å². The van der Waals surface area contributed by atoms with Crippen molar-refractivity contribution in [3.63, 3.8) is 0 Å². The van der Waals surface area contributed by atoms with Crippen LogP contribution in [-0.2, 0) is 14.6 Å². The summed E-state index contributed by atoms with van der Waals surface area (Å²) in [6.45, 7) is 0. The second-order valence-electron chi connectivity index (χ2n) is 6.17. The smallest absolute Gasteiger partial charge is 0.353 e. The lowest BCUT2D eigenvalue weighted by Crippen LogP contribution is -2.16. The first-order valence-electron chi connectivity index (χ1n) is 8.44. The number of nitrogens with two attached hydrogens (primary N) is 1. The molecule has 0 saturated heterocycles. The molecule has 0 radical (unpaired) electrons. The van der Waals surface area contributed by atoms with Gasteiger partial charge in [0, 0.05) is 11.8 Å². The highest BCUT2D eigenvalue weighted by atomic mass is 79.9. The number of carbonyl (C=O) groups is 1. The third kappa shape index (κ3) is 5.37. The van der Waals surface area contributed by atoms with Crippen molar-refractivity contribution in [1.82, 2.24) is 9.36 Å². The number of aromatic nitrogens is 2. The van der Waals surface area contributed by atoms with E-state index < -0.39 is 21.5 Å². The number of aliphatic imine (C=N–C) groups is 1. The molecule has 0 fully saturated rings. The standard InChI is InChI=1S/C19H14BrClN4O4S2/c1-31(28,29)11-6-4-5-10(9-11)18-24-17(25-30-18)16(14(20)15(22)19(26)27)23-13-8-3-2-7-12(13)21/h2-9H,22H2,1H3,(H,26,27). The maximum Gasteiger partial charge on any atom is 0.353 e. The van der Waals surface area contributed by atoms with Gasteiger partial charge in [-0.2, -0.15) is 4.37 Å². The van der Waals surface area contributed by atoms with Crippen LogP contribution in [0.1, 0.15) is 5.82 Å². The number of para-hydroxylation sites is 1. The van der Waals surface area contributed by atoms with E-state index in [4.69, 9.17) is 17.3 Å². The molecular formula is C19H14BrClN4O4S2. The van der Waals surface area contributed by atoms with Gasteiger partial charge < -0.3 is 10.8 Å². The predicted octanol–water partition coefficient (Wildman–Crippen LogP) is 4.03. The van der Waals surface area contributed by atoms with Crippen LogP contribution in [0.5, 0.6) is 0 Å². The second-order valence-corrected chi connectivity index (χ2v) is 10.1. The van der Waals surface area contributed by atoms with E-state index in [1.165, 1.54) is 12.1 Å². The maximum atomic E-state index is 11.8. The fourth-order valence-electron chi connectivity index (χ4n) is 2.38. The SMILES string of the molecule is CS(=O)(=O)c1cccc(-c2nc(C(=Nc3ccccc3Cl)C(Br)=C(N)C(=O)O)ns2)c1. The molecule has 0 atom stereocenters. The van der Waals surface area contributed by atoms with Crippen LogP contribution < -0.4 is 5.73 Å². The van der Waals surface area contributed by atoms with Crippen molar-refractivity contribution in [1.29, 1.82) is 0 Å². The molecule has 0 unspecified atom stereocenters. The van der Waals surface area contributed by atoms with Crippen LogP contribution in [-0.4, -0.2) is 40.8 Å². The van der Waals surface area contributed by atoms with Crippen molar-refractivity contribution in [2.75, 3.05) is 6.26 Å². The Bertz CT molecular complexity index is 1340. The summed E-state index contributed by atoms with van der Waals surface area (Å²) >= 11 is 10.4. The van der Waals surface area contributed by atoms with Crippen molar-refractivity contribution in [3.05, 3.63) is 69.6 Å². The van der Waals surface area contributed by atoms with Crippen LogP contribution in [0.15, 0.2) is 68.6 Å². The Kier molecular flexibility index (Phi) is 6.90. The third-order valence-corrected chi connectivity index (χ3v) is 6.90. The van der Waals surface area contributed by atoms with E-state index in [2.05, 4.69) is 30.3 Å². The van der Waals surface area contributed by atoms with Crippen molar-refractivity contribution in [2.24, 2.45) is 10.7 Å². The molecule has 8 nitrogen and oxygen atoms in total. The molecule has 3 N–H and O–H groups in total. The normalized spacial score (nSPS) is 13.1. The van der Waals surface area contributed by atoms with Gasteiger partial charge in [0.15, 0.2) is 15.7 Å². The fraction of sp³-hybridized carbons (Fsp3) is 0.0526. The molecule has 3 rings (SSSR count). The zero-order valence-electron chi connectivity index (χ0n) is 15.8. The fourth-order valence-corrected chi connectivity index (χ4v) is 4.32. The summed E-state index contributed by atoms with van der Waals surface area (Å²) in [6, 6.07) is 13.0. The van der Waals surface area contributed by atoms with E-state index in [1.54, 1.807) is 36.4 Å². The molecule has 0 amide bonds. The van der Waals surface area contributed by atoms with Crippen molar-refractivity contribution >= 4 is 66.3 Å². The molecule has 1 aromatic heterocycles. The summed E-state index contributed by atoms with van der Waals surface area (Å²) < 4.78 is 27.9. The zero-order chi connectivity index (χ0) is 22.8. The number of hydrogen-bond acceptors (Lipinski definition) is 8. The molecule has 2 aromatic carbocycles. The number of rotatable bonds is 6. The Morgan fingerprint density at radius 3 is 2.58 bits per heavy atom. The highest BCUT2D eigenvalue weighted by molar-refractivity contribution is 9.12. The third-order valence-electron chi connectivity index (χ3n) is 3.91.